The van der Waals surface area contributed by atoms with Crippen LogP contribution in [0.1, 0.15) is 33.6 Å². The van der Waals surface area contributed by atoms with Gasteiger partial charge in [0.05, 0.1) is 20.9 Å². The fraction of sp³-hybridized carbons (Fsp3) is 0.500. The van der Waals surface area contributed by atoms with Crippen LogP contribution >= 0.6 is 23.1 Å². The minimum absolute atomic E-state index is 0.0125. The second-order valence-corrected chi connectivity index (χ2v) is 8.37. The summed E-state index contributed by atoms with van der Waals surface area (Å²) in [7, 11) is 0. The van der Waals surface area contributed by atoms with Gasteiger partial charge < -0.3 is 5.32 Å². The molecule has 1 heterocycles. The second kappa shape index (κ2) is 8.43. The standard InChI is InChI=1S/C16H21N3O3S2/c1-10(2)4-5-11(3)17-15(20)9-23-16-18-13-7-6-12(19(21)22)8-14(13)24-16/h6-8,10-11H,4-5,9H2,1-3H3,(H,17,20)/t11-/m0/s1. The van der Waals surface area contributed by atoms with Crippen molar-refractivity contribution in [1.29, 1.82) is 0 Å². The topological polar surface area (TPSA) is 85.1 Å². The van der Waals surface area contributed by atoms with E-state index < -0.39 is 4.92 Å². The first-order valence-corrected chi connectivity index (χ1v) is 9.62. The third kappa shape index (κ3) is 5.45. The number of hydrogen-bond donors (Lipinski definition) is 1. The summed E-state index contributed by atoms with van der Waals surface area (Å²) in [6.45, 7) is 6.35. The molecule has 2 aromatic rings. The normalized spacial score (nSPS) is 12.5. The van der Waals surface area contributed by atoms with Crippen molar-refractivity contribution in [3.05, 3.63) is 28.3 Å². The number of amides is 1. The molecule has 2 rings (SSSR count). The van der Waals surface area contributed by atoms with Crippen molar-refractivity contribution in [3.8, 4) is 0 Å². The molecule has 1 aromatic heterocycles. The van der Waals surface area contributed by atoms with Crippen LogP contribution in [0.2, 0.25) is 0 Å². The number of benzene rings is 1. The Hall–Kier alpha value is -1.67. The number of nitro groups is 1. The number of aromatic nitrogens is 1. The zero-order chi connectivity index (χ0) is 17.7. The molecule has 130 valence electrons. The predicted octanol–water partition coefficient (Wildman–Crippen LogP) is 4.24. The van der Waals surface area contributed by atoms with Gasteiger partial charge in [-0.05, 0) is 31.7 Å². The highest BCUT2D eigenvalue weighted by atomic mass is 32.2. The highest BCUT2D eigenvalue weighted by molar-refractivity contribution is 8.01. The van der Waals surface area contributed by atoms with Crippen LogP contribution in [-0.4, -0.2) is 27.6 Å². The van der Waals surface area contributed by atoms with E-state index in [1.165, 1.54) is 35.2 Å². The molecule has 1 amide bonds. The molecule has 0 aliphatic heterocycles. The van der Waals surface area contributed by atoms with Crippen molar-refractivity contribution >= 4 is 44.9 Å². The van der Waals surface area contributed by atoms with E-state index in [1.54, 1.807) is 6.07 Å². The van der Waals surface area contributed by atoms with Gasteiger partial charge in [-0.2, -0.15) is 0 Å². The fourth-order valence-electron chi connectivity index (χ4n) is 2.17. The minimum Gasteiger partial charge on any atom is -0.353 e. The molecule has 6 nitrogen and oxygen atoms in total. The van der Waals surface area contributed by atoms with E-state index >= 15 is 0 Å². The molecule has 0 spiro atoms. The Morgan fingerprint density at radius 2 is 2.12 bits per heavy atom. The van der Waals surface area contributed by atoms with Crippen LogP contribution in [0.15, 0.2) is 22.5 Å². The van der Waals surface area contributed by atoms with Gasteiger partial charge in [0.2, 0.25) is 5.91 Å². The summed E-state index contributed by atoms with van der Waals surface area (Å²) in [5.41, 5.74) is 0.776. The van der Waals surface area contributed by atoms with Crippen LogP contribution in [0.3, 0.4) is 0 Å². The molecule has 1 atom stereocenters. The molecule has 0 radical (unpaired) electrons. The lowest BCUT2D eigenvalue weighted by Crippen LogP contribution is -2.33. The summed E-state index contributed by atoms with van der Waals surface area (Å²) in [5, 5.41) is 13.8. The zero-order valence-corrected chi connectivity index (χ0v) is 15.6. The van der Waals surface area contributed by atoms with E-state index in [2.05, 4.69) is 24.1 Å². The van der Waals surface area contributed by atoms with Gasteiger partial charge >= 0.3 is 0 Å². The largest absolute Gasteiger partial charge is 0.353 e. The van der Waals surface area contributed by atoms with Crippen LogP contribution in [0.25, 0.3) is 10.2 Å². The quantitative estimate of drug-likeness (QED) is 0.428. The summed E-state index contributed by atoms with van der Waals surface area (Å²) in [5.74, 6) is 0.917. The maximum absolute atomic E-state index is 12.0. The van der Waals surface area contributed by atoms with Crippen LogP contribution in [-0.2, 0) is 4.79 Å². The van der Waals surface area contributed by atoms with Gasteiger partial charge in [-0.25, -0.2) is 4.98 Å². The summed E-state index contributed by atoms with van der Waals surface area (Å²) in [6, 6.07) is 4.77. The smallest absolute Gasteiger partial charge is 0.270 e. The second-order valence-electron chi connectivity index (χ2n) is 6.12. The molecule has 0 saturated heterocycles. The van der Waals surface area contributed by atoms with Gasteiger partial charge in [0.15, 0.2) is 4.34 Å². The van der Waals surface area contributed by atoms with Gasteiger partial charge in [-0.3, -0.25) is 14.9 Å². The number of thiazole rings is 1. The van der Waals surface area contributed by atoms with Gasteiger partial charge in [0.1, 0.15) is 0 Å². The SMILES string of the molecule is CC(C)CC[C@H](C)NC(=O)CSc1nc2ccc([N+](=O)[O-])cc2s1. The average Bonchev–Trinajstić information content (AvgIpc) is 2.92. The molecule has 1 aromatic carbocycles. The number of non-ortho nitro benzene ring substituents is 1. The first kappa shape index (κ1) is 18.7. The molecule has 0 aliphatic carbocycles. The summed E-state index contributed by atoms with van der Waals surface area (Å²) in [4.78, 5) is 26.8. The lowest BCUT2D eigenvalue weighted by Gasteiger charge is -2.14. The summed E-state index contributed by atoms with van der Waals surface area (Å²) in [6.07, 6.45) is 2.06. The zero-order valence-electron chi connectivity index (χ0n) is 13.9. The number of hydrogen-bond acceptors (Lipinski definition) is 6. The van der Waals surface area contributed by atoms with E-state index in [9.17, 15) is 14.9 Å². The van der Waals surface area contributed by atoms with Crippen molar-refractivity contribution in [2.24, 2.45) is 5.92 Å². The third-order valence-corrected chi connectivity index (χ3v) is 5.64. The molecule has 8 heteroatoms. The molecule has 0 unspecified atom stereocenters. The first-order valence-electron chi connectivity index (χ1n) is 7.82. The van der Waals surface area contributed by atoms with Crippen molar-refractivity contribution in [2.45, 2.75) is 44.0 Å². The van der Waals surface area contributed by atoms with Gasteiger partial charge in [0, 0.05) is 18.2 Å². The van der Waals surface area contributed by atoms with Crippen molar-refractivity contribution in [1.82, 2.24) is 10.3 Å². The molecule has 0 saturated carbocycles. The fourth-order valence-corrected chi connectivity index (χ4v) is 4.08. The molecule has 0 fully saturated rings. The maximum Gasteiger partial charge on any atom is 0.270 e. The summed E-state index contributed by atoms with van der Waals surface area (Å²) >= 11 is 2.73. The number of nitrogens with zero attached hydrogens (tertiary/aromatic N) is 2. The Balaban J connectivity index is 1.88. The number of carbonyl (C=O) groups excluding carboxylic acids is 1. The van der Waals surface area contributed by atoms with E-state index in [1.807, 2.05) is 6.92 Å². The Morgan fingerprint density at radius 1 is 1.38 bits per heavy atom. The highest BCUT2D eigenvalue weighted by Gasteiger charge is 2.13. The average molecular weight is 367 g/mol. The maximum atomic E-state index is 12.0. The van der Waals surface area contributed by atoms with Crippen LogP contribution < -0.4 is 5.32 Å². The molecule has 0 bridgehead atoms. The number of thioether (sulfide) groups is 1. The molecular weight excluding hydrogens is 346 g/mol. The molecule has 1 N–H and O–H groups in total. The first-order chi connectivity index (χ1) is 11.3. The predicted molar refractivity (Wildman–Crippen MR) is 98.7 cm³/mol. The number of carbonyl (C=O) groups is 1. The Morgan fingerprint density at radius 3 is 2.79 bits per heavy atom. The number of fused-ring (bicyclic) bond motifs is 1. The van der Waals surface area contributed by atoms with E-state index in [-0.39, 0.29) is 17.6 Å². The lowest BCUT2D eigenvalue weighted by molar-refractivity contribution is -0.384. The number of nitrogens with one attached hydrogen (secondary N) is 1. The van der Waals surface area contributed by atoms with E-state index in [0.29, 0.717) is 11.7 Å². The number of rotatable bonds is 8. The van der Waals surface area contributed by atoms with Crippen LogP contribution in [0, 0.1) is 16.0 Å². The highest BCUT2D eigenvalue weighted by Crippen LogP contribution is 2.31. The van der Waals surface area contributed by atoms with Crippen molar-refractivity contribution < 1.29 is 9.72 Å². The van der Waals surface area contributed by atoms with Gasteiger partial charge in [-0.1, -0.05) is 25.6 Å². The number of nitro benzene ring substituents is 1. The Bertz CT molecular complexity index is 730. The van der Waals surface area contributed by atoms with Crippen molar-refractivity contribution in [2.75, 3.05) is 5.75 Å². The monoisotopic (exact) mass is 367 g/mol. The van der Waals surface area contributed by atoms with Crippen LogP contribution in [0.4, 0.5) is 5.69 Å². The van der Waals surface area contributed by atoms with Gasteiger partial charge in [0.25, 0.3) is 5.69 Å². The Labute approximate surface area is 149 Å². The third-order valence-electron chi connectivity index (χ3n) is 3.47. The van der Waals surface area contributed by atoms with Gasteiger partial charge in [-0.15, -0.1) is 11.3 Å². The van der Waals surface area contributed by atoms with E-state index in [4.69, 9.17) is 0 Å². The minimum atomic E-state index is -0.419. The summed E-state index contributed by atoms with van der Waals surface area (Å²) < 4.78 is 1.51. The van der Waals surface area contributed by atoms with Crippen LogP contribution in [0.5, 0.6) is 0 Å². The molecular formula is C16H21N3O3S2. The molecule has 0 aliphatic rings. The lowest BCUT2D eigenvalue weighted by atomic mass is 10.0. The van der Waals surface area contributed by atoms with E-state index in [0.717, 1.165) is 27.4 Å². The molecule has 24 heavy (non-hydrogen) atoms. The van der Waals surface area contributed by atoms with Crippen molar-refractivity contribution in [3.63, 3.8) is 0 Å². The Kier molecular flexibility index (Phi) is 6.56.